The van der Waals surface area contributed by atoms with Gasteiger partial charge in [-0.1, -0.05) is 0 Å². The fourth-order valence-electron chi connectivity index (χ4n) is 2.03. The summed E-state index contributed by atoms with van der Waals surface area (Å²) in [6.07, 6.45) is 1.26. The van der Waals surface area contributed by atoms with Crippen molar-refractivity contribution in [2.45, 2.75) is 32.0 Å². The van der Waals surface area contributed by atoms with Crippen LogP contribution in [0.15, 0.2) is 15.9 Å². The summed E-state index contributed by atoms with van der Waals surface area (Å²) in [7, 11) is 2.20. The number of rotatable bonds is 3. The molecular weight excluding hydrogens is 272 g/mol. The molecule has 2 nitrogen and oxygen atoms in total. The van der Waals surface area contributed by atoms with Gasteiger partial charge in [0.25, 0.3) is 0 Å². The van der Waals surface area contributed by atoms with Crippen LogP contribution in [0.25, 0.3) is 0 Å². The van der Waals surface area contributed by atoms with Gasteiger partial charge in [-0.15, -0.1) is 11.3 Å². The maximum absolute atomic E-state index is 3.62. The molecule has 2 atom stereocenters. The maximum atomic E-state index is 3.62. The van der Waals surface area contributed by atoms with Gasteiger partial charge in [0, 0.05) is 34.5 Å². The molecule has 0 bridgehead atoms. The second kappa shape index (κ2) is 4.95. The van der Waals surface area contributed by atoms with E-state index in [4.69, 9.17) is 0 Å². The lowest BCUT2D eigenvalue weighted by Crippen LogP contribution is -2.30. The summed E-state index contributed by atoms with van der Waals surface area (Å²) >= 11 is 5.37. The molecule has 0 amide bonds. The number of nitrogens with zero attached hydrogens (tertiary/aromatic N) is 1. The summed E-state index contributed by atoms with van der Waals surface area (Å²) in [4.78, 5) is 3.82. The molecule has 0 spiro atoms. The molecule has 1 aliphatic rings. The van der Waals surface area contributed by atoms with E-state index in [1.165, 1.54) is 22.3 Å². The number of thiophene rings is 1. The molecule has 1 aliphatic heterocycles. The highest BCUT2D eigenvalue weighted by molar-refractivity contribution is 9.10. The van der Waals surface area contributed by atoms with E-state index in [1.54, 1.807) is 0 Å². The van der Waals surface area contributed by atoms with Crippen molar-refractivity contribution in [3.63, 3.8) is 0 Å². The van der Waals surface area contributed by atoms with E-state index < -0.39 is 0 Å². The smallest absolute Gasteiger partial charge is 0.0327 e. The predicted octanol–water partition coefficient (Wildman–Crippen LogP) is 2.69. The Morgan fingerprint density at radius 2 is 2.47 bits per heavy atom. The van der Waals surface area contributed by atoms with Crippen molar-refractivity contribution < 1.29 is 0 Å². The molecule has 1 aromatic heterocycles. The number of hydrogen-bond donors (Lipinski definition) is 1. The SMILES string of the molecule is CC1CC(NCc2sccc2Br)CN1C. The Balaban J connectivity index is 1.82. The molecule has 0 aliphatic carbocycles. The Morgan fingerprint density at radius 1 is 1.67 bits per heavy atom. The molecule has 1 saturated heterocycles. The Hall–Kier alpha value is 0.1000. The van der Waals surface area contributed by atoms with Gasteiger partial charge < -0.3 is 10.2 Å². The topological polar surface area (TPSA) is 15.3 Å². The summed E-state index contributed by atoms with van der Waals surface area (Å²) in [6, 6.07) is 3.48. The lowest BCUT2D eigenvalue weighted by atomic mass is 10.2. The molecule has 4 heteroatoms. The molecule has 84 valence electrons. The molecule has 15 heavy (non-hydrogen) atoms. The van der Waals surface area contributed by atoms with Crippen LogP contribution in [0.2, 0.25) is 0 Å². The lowest BCUT2D eigenvalue weighted by Gasteiger charge is -2.13. The first-order valence-corrected chi connectivity index (χ1v) is 6.99. The van der Waals surface area contributed by atoms with Crippen molar-refractivity contribution in [3.8, 4) is 0 Å². The molecule has 0 aromatic carbocycles. The quantitative estimate of drug-likeness (QED) is 0.920. The van der Waals surface area contributed by atoms with Crippen LogP contribution >= 0.6 is 27.3 Å². The van der Waals surface area contributed by atoms with E-state index in [1.807, 2.05) is 11.3 Å². The van der Waals surface area contributed by atoms with E-state index >= 15 is 0 Å². The molecule has 1 aromatic rings. The first kappa shape index (κ1) is 11.6. The molecule has 1 fully saturated rings. The minimum Gasteiger partial charge on any atom is -0.308 e. The number of halogens is 1. The standard InChI is InChI=1S/C11H17BrN2S/c1-8-5-9(7-14(8)2)13-6-11-10(12)3-4-15-11/h3-4,8-9,13H,5-7H2,1-2H3. The number of nitrogens with one attached hydrogen (secondary N) is 1. The summed E-state index contributed by atoms with van der Waals surface area (Å²) in [5, 5.41) is 5.75. The van der Waals surface area contributed by atoms with Gasteiger partial charge in [-0.3, -0.25) is 0 Å². The van der Waals surface area contributed by atoms with E-state index in [2.05, 4.69) is 51.6 Å². The summed E-state index contributed by atoms with van der Waals surface area (Å²) in [5.74, 6) is 0. The monoisotopic (exact) mass is 288 g/mol. The Kier molecular flexibility index (Phi) is 3.83. The van der Waals surface area contributed by atoms with E-state index in [9.17, 15) is 0 Å². The van der Waals surface area contributed by atoms with Gasteiger partial charge >= 0.3 is 0 Å². The van der Waals surface area contributed by atoms with E-state index in [0.717, 1.165) is 6.54 Å². The Morgan fingerprint density at radius 3 is 3.00 bits per heavy atom. The molecule has 0 radical (unpaired) electrons. The van der Waals surface area contributed by atoms with Gasteiger partial charge in [-0.05, 0) is 47.8 Å². The summed E-state index contributed by atoms with van der Waals surface area (Å²) in [5.41, 5.74) is 0. The summed E-state index contributed by atoms with van der Waals surface area (Å²) in [6.45, 7) is 4.45. The zero-order valence-corrected chi connectivity index (χ0v) is 11.6. The third-order valence-corrected chi connectivity index (χ3v) is 5.06. The van der Waals surface area contributed by atoms with Crippen LogP contribution in [0.4, 0.5) is 0 Å². The highest BCUT2D eigenvalue weighted by atomic mass is 79.9. The average Bonchev–Trinajstić information content (AvgIpc) is 2.72. The molecule has 2 rings (SSSR count). The fraction of sp³-hybridized carbons (Fsp3) is 0.636. The molecule has 2 heterocycles. The van der Waals surface area contributed by atoms with Crippen LogP contribution in [0.3, 0.4) is 0 Å². The average molecular weight is 289 g/mol. The predicted molar refractivity (Wildman–Crippen MR) is 69.4 cm³/mol. The van der Waals surface area contributed by atoms with Gasteiger partial charge in [0.15, 0.2) is 0 Å². The highest BCUT2D eigenvalue weighted by Crippen LogP contribution is 2.23. The van der Waals surface area contributed by atoms with Crippen LogP contribution in [0.1, 0.15) is 18.2 Å². The molecule has 2 unspecified atom stereocenters. The number of likely N-dealkylation sites (N-methyl/N-ethyl adjacent to an activating group) is 1. The minimum absolute atomic E-state index is 0.652. The Labute approximate surface area is 104 Å². The second-order valence-corrected chi connectivity index (χ2v) is 6.15. The van der Waals surface area contributed by atoms with E-state index in [0.29, 0.717) is 12.1 Å². The largest absolute Gasteiger partial charge is 0.308 e. The van der Waals surface area contributed by atoms with Crippen LogP contribution in [0.5, 0.6) is 0 Å². The van der Waals surface area contributed by atoms with Crippen molar-refractivity contribution in [1.29, 1.82) is 0 Å². The van der Waals surface area contributed by atoms with Crippen molar-refractivity contribution >= 4 is 27.3 Å². The van der Waals surface area contributed by atoms with Crippen molar-refractivity contribution in [2.75, 3.05) is 13.6 Å². The van der Waals surface area contributed by atoms with Crippen molar-refractivity contribution in [1.82, 2.24) is 10.2 Å². The fourth-order valence-corrected chi connectivity index (χ4v) is 3.47. The third-order valence-electron chi connectivity index (χ3n) is 3.13. The zero-order chi connectivity index (χ0) is 10.8. The third kappa shape index (κ3) is 2.81. The molecule has 0 saturated carbocycles. The normalized spacial score (nSPS) is 27.4. The van der Waals surface area contributed by atoms with Crippen LogP contribution < -0.4 is 5.32 Å². The zero-order valence-electron chi connectivity index (χ0n) is 9.16. The van der Waals surface area contributed by atoms with Crippen molar-refractivity contribution in [3.05, 3.63) is 20.8 Å². The van der Waals surface area contributed by atoms with Gasteiger partial charge in [-0.25, -0.2) is 0 Å². The number of hydrogen-bond acceptors (Lipinski definition) is 3. The Bertz CT molecular complexity index is 316. The second-order valence-electron chi connectivity index (χ2n) is 4.29. The first-order valence-electron chi connectivity index (χ1n) is 5.32. The highest BCUT2D eigenvalue weighted by Gasteiger charge is 2.25. The molecular formula is C11H17BrN2S. The van der Waals surface area contributed by atoms with Gasteiger partial charge in [0.05, 0.1) is 0 Å². The minimum atomic E-state index is 0.652. The lowest BCUT2D eigenvalue weighted by molar-refractivity contribution is 0.326. The van der Waals surface area contributed by atoms with Crippen LogP contribution in [0, 0.1) is 0 Å². The summed E-state index contributed by atoms with van der Waals surface area (Å²) < 4.78 is 1.24. The number of likely N-dealkylation sites (tertiary alicyclic amines) is 1. The first-order chi connectivity index (χ1) is 7.16. The van der Waals surface area contributed by atoms with Crippen LogP contribution in [-0.4, -0.2) is 30.6 Å². The van der Waals surface area contributed by atoms with Crippen LogP contribution in [-0.2, 0) is 6.54 Å². The van der Waals surface area contributed by atoms with Gasteiger partial charge in [0.2, 0.25) is 0 Å². The van der Waals surface area contributed by atoms with E-state index in [-0.39, 0.29) is 0 Å². The maximum Gasteiger partial charge on any atom is 0.0327 e. The van der Waals surface area contributed by atoms with Crippen molar-refractivity contribution in [2.24, 2.45) is 0 Å². The van der Waals surface area contributed by atoms with Gasteiger partial charge in [-0.2, -0.15) is 0 Å². The molecule has 1 N–H and O–H groups in total. The van der Waals surface area contributed by atoms with Gasteiger partial charge in [0.1, 0.15) is 0 Å².